The predicted octanol–water partition coefficient (Wildman–Crippen LogP) is 9.11. The number of ether oxygens (including phenoxy) is 1. The number of allylic oxidation sites excluding steroid dienone is 2. The summed E-state index contributed by atoms with van der Waals surface area (Å²) in [6, 6.07) is 4.61. The topological polar surface area (TPSA) is 35.5 Å². The second-order valence-electron chi connectivity index (χ2n) is 13.7. The fraction of sp³-hybridized carbons (Fsp3) is 0.710. The molecule has 35 heavy (non-hydrogen) atoms. The molecule has 3 rings (SSSR count). The Bertz CT molecular complexity index is 949. The van der Waals surface area contributed by atoms with Gasteiger partial charge in [-0.3, -0.25) is 4.79 Å². The number of benzene rings is 1. The van der Waals surface area contributed by atoms with Crippen LogP contribution in [0.15, 0.2) is 23.8 Å². The minimum atomic E-state index is -2.09. The zero-order valence-electron chi connectivity index (χ0n) is 24.1. The van der Waals surface area contributed by atoms with Gasteiger partial charge in [-0.05, 0) is 79.9 Å². The van der Waals surface area contributed by atoms with Crippen molar-refractivity contribution in [2.75, 3.05) is 0 Å². The largest absolute Gasteiger partial charge is 0.543 e. The first-order valence-electron chi connectivity index (χ1n) is 13.9. The SMILES string of the molecule is CCCCCCC(C)(C)c1cc2c(c(O[Si](C)(C)C(C)(C)C)c1)[C@@H]1C=C(C=O)CC[C@H]1C(C)(C)O2. The molecule has 0 radical (unpaired) electrons. The Morgan fingerprint density at radius 2 is 1.80 bits per heavy atom. The number of hydrogen-bond acceptors (Lipinski definition) is 3. The van der Waals surface area contributed by atoms with Gasteiger partial charge in [0.2, 0.25) is 8.32 Å². The summed E-state index contributed by atoms with van der Waals surface area (Å²) in [6.07, 6.45) is 11.3. The third-order valence-corrected chi connectivity index (χ3v) is 13.4. The van der Waals surface area contributed by atoms with Crippen LogP contribution in [0.2, 0.25) is 18.1 Å². The maximum atomic E-state index is 11.8. The fourth-order valence-corrected chi connectivity index (χ4v) is 6.53. The number of rotatable bonds is 9. The van der Waals surface area contributed by atoms with Gasteiger partial charge in [-0.2, -0.15) is 0 Å². The van der Waals surface area contributed by atoms with E-state index in [2.05, 4.69) is 86.7 Å². The zero-order valence-corrected chi connectivity index (χ0v) is 25.1. The lowest BCUT2D eigenvalue weighted by atomic mass is 9.67. The summed E-state index contributed by atoms with van der Waals surface area (Å²) < 4.78 is 13.9. The van der Waals surface area contributed by atoms with Crippen molar-refractivity contribution in [3.05, 3.63) is 34.9 Å². The molecule has 0 spiro atoms. The van der Waals surface area contributed by atoms with Crippen molar-refractivity contribution in [3.8, 4) is 11.5 Å². The standard InChI is InChI=1S/C31H50O3Si/c1-11-12-13-14-17-30(5,6)23-19-26-28(27(20-23)34-35(9,10)29(2,3)4)24-18-22(21-32)15-16-25(24)31(7,8)33-26/h18-21,24-25H,11-17H2,1-10H3/t24-,25-/m1/s1. The summed E-state index contributed by atoms with van der Waals surface area (Å²) in [5.74, 6) is 2.41. The van der Waals surface area contributed by atoms with Crippen molar-refractivity contribution < 1.29 is 14.0 Å². The molecule has 1 aliphatic carbocycles. The van der Waals surface area contributed by atoms with E-state index >= 15 is 0 Å². The van der Waals surface area contributed by atoms with Crippen molar-refractivity contribution in [2.45, 2.75) is 135 Å². The third kappa shape index (κ3) is 5.89. The molecule has 0 N–H and O–H groups in total. The van der Waals surface area contributed by atoms with E-state index in [0.29, 0.717) is 5.92 Å². The van der Waals surface area contributed by atoms with E-state index in [0.717, 1.165) is 48.2 Å². The van der Waals surface area contributed by atoms with Crippen molar-refractivity contribution >= 4 is 14.6 Å². The highest BCUT2D eigenvalue weighted by Crippen LogP contribution is 2.55. The Morgan fingerprint density at radius 3 is 2.40 bits per heavy atom. The molecule has 0 fully saturated rings. The molecule has 2 aliphatic rings. The molecule has 0 aromatic heterocycles. The van der Waals surface area contributed by atoms with Crippen molar-refractivity contribution in [1.82, 2.24) is 0 Å². The van der Waals surface area contributed by atoms with Crippen LogP contribution in [-0.4, -0.2) is 20.2 Å². The van der Waals surface area contributed by atoms with Crippen LogP contribution >= 0.6 is 0 Å². The number of fused-ring (bicyclic) bond motifs is 3. The van der Waals surface area contributed by atoms with E-state index in [4.69, 9.17) is 9.16 Å². The first-order chi connectivity index (χ1) is 16.1. The Balaban J connectivity index is 2.16. The minimum absolute atomic E-state index is 0.0367. The molecular formula is C31H50O3Si. The zero-order chi connectivity index (χ0) is 26.2. The molecule has 0 bridgehead atoms. The minimum Gasteiger partial charge on any atom is -0.543 e. The van der Waals surface area contributed by atoms with Gasteiger partial charge in [0.25, 0.3) is 0 Å². The quantitative estimate of drug-likeness (QED) is 0.193. The molecule has 0 amide bonds. The highest BCUT2D eigenvalue weighted by Gasteiger charge is 2.47. The van der Waals surface area contributed by atoms with E-state index < -0.39 is 8.32 Å². The van der Waals surface area contributed by atoms with Crippen LogP contribution < -0.4 is 9.16 Å². The molecule has 2 atom stereocenters. The molecular weight excluding hydrogens is 448 g/mol. The highest BCUT2D eigenvalue weighted by atomic mass is 28.4. The van der Waals surface area contributed by atoms with Crippen LogP contribution in [0.4, 0.5) is 0 Å². The average Bonchev–Trinajstić information content (AvgIpc) is 2.74. The van der Waals surface area contributed by atoms with Gasteiger partial charge < -0.3 is 9.16 Å². The third-order valence-electron chi connectivity index (χ3n) is 9.03. The van der Waals surface area contributed by atoms with Crippen molar-refractivity contribution in [2.24, 2.45) is 5.92 Å². The number of unbranched alkanes of at least 4 members (excludes halogenated alkanes) is 3. The van der Waals surface area contributed by atoms with Crippen molar-refractivity contribution in [1.29, 1.82) is 0 Å². The van der Waals surface area contributed by atoms with E-state index in [1.807, 2.05) is 0 Å². The van der Waals surface area contributed by atoms with Gasteiger partial charge in [-0.25, -0.2) is 0 Å². The summed E-state index contributed by atoms with van der Waals surface area (Å²) >= 11 is 0. The normalized spacial score (nSPS) is 21.9. The average molecular weight is 499 g/mol. The highest BCUT2D eigenvalue weighted by molar-refractivity contribution is 6.74. The lowest BCUT2D eigenvalue weighted by molar-refractivity contribution is -0.105. The number of carbonyl (C=O) groups excluding carboxylic acids is 1. The Hall–Kier alpha value is -1.55. The predicted molar refractivity (Wildman–Crippen MR) is 150 cm³/mol. The number of carbonyl (C=O) groups is 1. The van der Waals surface area contributed by atoms with Crippen LogP contribution in [0.1, 0.15) is 117 Å². The summed E-state index contributed by atoms with van der Waals surface area (Å²) in [4.78, 5) is 11.8. The number of hydrogen-bond donors (Lipinski definition) is 0. The van der Waals surface area contributed by atoms with Crippen LogP contribution in [0, 0.1) is 5.92 Å². The van der Waals surface area contributed by atoms with Gasteiger partial charge in [0, 0.05) is 17.4 Å². The monoisotopic (exact) mass is 498 g/mol. The Morgan fingerprint density at radius 1 is 1.11 bits per heavy atom. The second-order valence-corrected chi connectivity index (χ2v) is 18.4. The molecule has 0 saturated carbocycles. The lowest BCUT2D eigenvalue weighted by Crippen LogP contribution is -2.47. The summed E-state index contributed by atoms with van der Waals surface area (Å²) in [7, 11) is -2.09. The summed E-state index contributed by atoms with van der Waals surface area (Å²) in [5, 5.41) is 0.0934. The molecule has 3 nitrogen and oxygen atoms in total. The smallest absolute Gasteiger partial charge is 0.250 e. The summed E-state index contributed by atoms with van der Waals surface area (Å²) in [6.45, 7) is 22.9. The maximum absolute atomic E-state index is 11.8. The molecule has 0 unspecified atom stereocenters. The summed E-state index contributed by atoms with van der Waals surface area (Å²) in [5.41, 5.74) is 3.11. The first kappa shape index (κ1) is 28.0. The Labute approximate surface area is 216 Å². The molecule has 1 aromatic rings. The van der Waals surface area contributed by atoms with Gasteiger partial charge in [0.15, 0.2) is 0 Å². The van der Waals surface area contributed by atoms with E-state index in [-0.39, 0.29) is 22.0 Å². The number of aldehydes is 1. The van der Waals surface area contributed by atoms with Crippen LogP contribution in [0.3, 0.4) is 0 Å². The van der Waals surface area contributed by atoms with Crippen LogP contribution in [0.5, 0.6) is 11.5 Å². The molecule has 1 aromatic carbocycles. The molecule has 1 heterocycles. The molecule has 4 heteroatoms. The lowest BCUT2D eigenvalue weighted by Gasteiger charge is -2.48. The van der Waals surface area contributed by atoms with E-state index in [1.165, 1.54) is 31.2 Å². The Kier molecular flexibility index (Phi) is 8.06. The fourth-order valence-electron chi connectivity index (χ4n) is 5.51. The molecule has 196 valence electrons. The van der Waals surface area contributed by atoms with Gasteiger partial charge >= 0.3 is 0 Å². The van der Waals surface area contributed by atoms with Crippen LogP contribution in [-0.2, 0) is 10.2 Å². The molecule has 1 aliphatic heterocycles. The first-order valence-corrected chi connectivity index (χ1v) is 16.8. The van der Waals surface area contributed by atoms with Gasteiger partial charge in [0.1, 0.15) is 23.4 Å². The maximum Gasteiger partial charge on any atom is 0.250 e. The van der Waals surface area contributed by atoms with E-state index in [9.17, 15) is 4.79 Å². The molecule has 0 saturated heterocycles. The second kappa shape index (κ2) is 10.1. The van der Waals surface area contributed by atoms with Crippen LogP contribution in [0.25, 0.3) is 0 Å². The van der Waals surface area contributed by atoms with Gasteiger partial charge in [-0.1, -0.05) is 73.3 Å². The van der Waals surface area contributed by atoms with Crippen molar-refractivity contribution in [3.63, 3.8) is 0 Å². The van der Waals surface area contributed by atoms with Gasteiger partial charge in [0.05, 0.1) is 0 Å². The van der Waals surface area contributed by atoms with Gasteiger partial charge in [-0.15, -0.1) is 0 Å². The van der Waals surface area contributed by atoms with E-state index in [1.54, 1.807) is 0 Å².